The number of carbonyl (C=O) groups is 3. The van der Waals surface area contributed by atoms with E-state index in [-0.39, 0.29) is 33.0 Å². The van der Waals surface area contributed by atoms with Gasteiger partial charge in [-0.3, -0.25) is 19.9 Å². The second-order valence-corrected chi connectivity index (χ2v) is 15.3. The zero-order valence-corrected chi connectivity index (χ0v) is 29.8. The number of piperidine rings is 1. The number of nitrogen functional groups attached to an aromatic ring is 1. The molecular weight excluding hydrogens is 702 g/mol. The molecule has 7 rings (SSSR count). The number of carboxylic acids is 1. The van der Waals surface area contributed by atoms with Gasteiger partial charge < -0.3 is 25.5 Å². The predicted octanol–water partition coefficient (Wildman–Crippen LogP) is 3.18. The SMILES string of the molecule is CO/N=C(\C(=O)C[C@@H]1C(=O)N2C(C(=O)O)=C(C[n+]3ccc4n3CCN4Cc3ccc(C(=N)N4CCCCC4)cc3)CS[C@H]12)c1nc(N)sc1Cl. The van der Waals surface area contributed by atoms with Gasteiger partial charge in [0.05, 0.1) is 23.9 Å². The average Bonchev–Trinajstić information content (AvgIpc) is 3.81. The number of hydrogen-bond acceptors (Lipinski definition) is 11. The molecule has 0 radical (unpaired) electrons. The minimum atomic E-state index is -1.18. The Morgan fingerprint density at radius 3 is 2.60 bits per heavy atom. The molecule has 2 atom stereocenters. The monoisotopic (exact) mass is 738 g/mol. The van der Waals surface area contributed by atoms with E-state index >= 15 is 0 Å². The smallest absolute Gasteiger partial charge is 0.352 e. The molecule has 1 amide bonds. The fourth-order valence-electron chi connectivity index (χ4n) is 7.09. The van der Waals surface area contributed by atoms with E-state index in [1.165, 1.54) is 30.2 Å². The third-order valence-electron chi connectivity index (χ3n) is 9.54. The zero-order valence-electron chi connectivity index (χ0n) is 27.4. The van der Waals surface area contributed by atoms with Gasteiger partial charge >= 0.3 is 5.97 Å². The number of halogens is 1. The minimum absolute atomic E-state index is 0.0309. The molecule has 0 unspecified atom stereocenters. The lowest BCUT2D eigenvalue weighted by Gasteiger charge is -2.49. The summed E-state index contributed by atoms with van der Waals surface area (Å²) < 4.78 is 4.31. The number of amides is 1. The van der Waals surface area contributed by atoms with Crippen LogP contribution >= 0.6 is 34.7 Å². The van der Waals surface area contributed by atoms with Gasteiger partial charge in [-0.2, -0.15) is 0 Å². The molecule has 0 bridgehead atoms. The van der Waals surface area contributed by atoms with Gasteiger partial charge in [-0.1, -0.05) is 52.4 Å². The number of anilines is 2. The Morgan fingerprint density at radius 2 is 1.92 bits per heavy atom. The van der Waals surface area contributed by atoms with E-state index in [4.69, 9.17) is 27.6 Å². The molecule has 4 aliphatic rings. The summed E-state index contributed by atoms with van der Waals surface area (Å²) in [6.45, 7) is 4.44. The van der Waals surface area contributed by atoms with Crippen LogP contribution in [-0.4, -0.2) is 91.6 Å². The van der Waals surface area contributed by atoms with Crippen LogP contribution in [0.25, 0.3) is 0 Å². The van der Waals surface area contributed by atoms with E-state index in [0.29, 0.717) is 30.3 Å². The lowest BCUT2D eigenvalue weighted by atomic mass is 9.89. The summed E-state index contributed by atoms with van der Waals surface area (Å²) in [5.41, 5.74) is 8.38. The number of oxime groups is 1. The van der Waals surface area contributed by atoms with Crippen molar-refractivity contribution in [3.63, 3.8) is 0 Å². The van der Waals surface area contributed by atoms with E-state index in [1.807, 2.05) is 29.1 Å². The van der Waals surface area contributed by atoms with Gasteiger partial charge in [0.25, 0.3) is 0 Å². The fourth-order valence-corrected chi connectivity index (χ4v) is 9.42. The van der Waals surface area contributed by atoms with Crippen molar-refractivity contribution >= 4 is 74.9 Å². The Kier molecular flexibility index (Phi) is 9.59. The molecule has 4 N–H and O–H groups in total. The molecule has 0 spiro atoms. The summed E-state index contributed by atoms with van der Waals surface area (Å²) in [6, 6.07) is 10.3. The molecule has 2 aromatic heterocycles. The number of nitrogens with two attached hydrogens (primary N) is 1. The first-order valence-electron chi connectivity index (χ1n) is 16.4. The summed E-state index contributed by atoms with van der Waals surface area (Å²) in [6.07, 6.45) is 5.25. The van der Waals surface area contributed by atoms with Crippen molar-refractivity contribution in [2.45, 2.75) is 50.7 Å². The van der Waals surface area contributed by atoms with Crippen molar-refractivity contribution in [1.82, 2.24) is 19.5 Å². The third kappa shape index (κ3) is 6.35. The normalized spacial score (nSPS) is 20.5. The minimum Gasteiger partial charge on any atom is -0.477 e. The quantitative estimate of drug-likeness (QED) is 0.0872. The van der Waals surface area contributed by atoms with Crippen LogP contribution in [-0.2, 0) is 38.9 Å². The molecule has 1 aromatic carbocycles. The van der Waals surface area contributed by atoms with E-state index < -0.39 is 29.0 Å². The highest BCUT2D eigenvalue weighted by Crippen LogP contribution is 2.45. The Balaban J connectivity index is 1.02. The van der Waals surface area contributed by atoms with Crippen LogP contribution in [0.2, 0.25) is 4.34 Å². The predicted molar refractivity (Wildman–Crippen MR) is 190 cm³/mol. The van der Waals surface area contributed by atoms with Gasteiger partial charge in [-0.15, -0.1) is 21.1 Å². The highest BCUT2D eigenvalue weighted by molar-refractivity contribution is 8.00. The van der Waals surface area contributed by atoms with Gasteiger partial charge in [0, 0.05) is 49.5 Å². The van der Waals surface area contributed by atoms with Crippen LogP contribution in [0.5, 0.6) is 0 Å². The Bertz CT molecular complexity index is 1920. The summed E-state index contributed by atoms with van der Waals surface area (Å²) in [4.78, 5) is 54.0. The molecule has 2 saturated heterocycles. The number of aliphatic carboxylic acids is 1. The maximum Gasteiger partial charge on any atom is 0.352 e. The van der Waals surface area contributed by atoms with E-state index in [2.05, 4.69) is 36.8 Å². The number of ketones is 1. The van der Waals surface area contributed by atoms with Gasteiger partial charge in [0.1, 0.15) is 28.7 Å². The summed E-state index contributed by atoms with van der Waals surface area (Å²) in [5.74, 6) is -0.828. The first kappa shape index (κ1) is 34.1. The summed E-state index contributed by atoms with van der Waals surface area (Å²) >= 11 is 8.65. The van der Waals surface area contributed by atoms with Crippen LogP contribution in [0.15, 0.2) is 53.0 Å². The molecule has 4 aliphatic heterocycles. The van der Waals surface area contributed by atoms with Crippen LogP contribution in [0.4, 0.5) is 10.9 Å². The number of hydrogen-bond donors (Lipinski definition) is 3. The van der Waals surface area contributed by atoms with Crippen LogP contribution < -0.4 is 15.3 Å². The number of thiazole rings is 1. The average molecular weight is 739 g/mol. The highest BCUT2D eigenvalue weighted by atomic mass is 35.5. The number of nitrogens with one attached hydrogen (secondary N) is 1. The van der Waals surface area contributed by atoms with Crippen molar-refractivity contribution in [3.8, 4) is 0 Å². The number of likely N-dealkylation sites (tertiary alicyclic amines) is 1. The first-order chi connectivity index (χ1) is 24.1. The number of fused-ring (bicyclic) bond motifs is 2. The lowest BCUT2D eigenvalue weighted by Crippen LogP contribution is -2.62. The molecule has 14 nitrogen and oxygen atoms in total. The second kappa shape index (κ2) is 14.1. The van der Waals surface area contributed by atoms with Gasteiger partial charge in [-0.25, -0.2) is 9.78 Å². The fraction of sp³-hybridized carbons (Fsp3) is 0.424. The first-order valence-corrected chi connectivity index (χ1v) is 18.6. The van der Waals surface area contributed by atoms with Crippen LogP contribution in [0.3, 0.4) is 0 Å². The number of β-lactam (4-membered cyclic amide) rings is 1. The number of amidine groups is 1. The molecule has 2 fully saturated rings. The molecule has 17 heteroatoms. The molecule has 262 valence electrons. The third-order valence-corrected chi connectivity index (χ3v) is 12.0. The maximum atomic E-state index is 13.4. The number of Topliss-reactive ketones (excluding diaryl/α,β-unsaturated/α-hetero) is 1. The topological polar surface area (TPSA) is 174 Å². The number of nitrogens with zero attached hydrogens (tertiary/aromatic N) is 7. The molecule has 0 aliphatic carbocycles. The number of thioether (sulfide) groups is 1. The Hall–Kier alpha value is -4.41. The van der Waals surface area contributed by atoms with Crippen molar-refractivity contribution in [3.05, 3.63) is 69.0 Å². The van der Waals surface area contributed by atoms with Gasteiger partial charge in [0.2, 0.25) is 5.91 Å². The molecule has 0 saturated carbocycles. The van der Waals surface area contributed by atoms with Crippen molar-refractivity contribution < 1.29 is 29.0 Å². The van der Waals surface area contributed by atoms with Crippen molar-refractivity contribution in [2.75, 3.05) is 43.1 Å². The highest BCUT2D eigenvalue weighted by Gasteiger charge is 2.54. The molecular formula is C33H37ClN9O5S2+. The standard InChI is InChI=1S/C33H36ClN9O5S2/c1-48-38-25(26-28(34)50-33(36)37-26)23(44)15-22-30(45)43-27(32(46)47)21(18-49-31(22)43)17-41-12-9-24-40(13-14-42(24)41)16-19-5-7-20(8-6-19)29(35)39-10-3-2-4-11-39/h5-9,12,22,31,35H,2-4,10-11,13-18H2,1H3,(H2-,36,37,46,47)/p+1/b35-29?,38-25+/t22-,31-/m1/s1. The van der Waals surface area contributed by atoms with Crippen molar-refractivity contribution in [1.29, 1.82) is 5.41 Å². The van der Waals surface area contributed by atoms with E-state index in [9.17, 15) is 19.5 Å². The number of benzene rings is 1. The largest absolute Gasteiger partial charge is 0.477 e. The maximum absolute atomic E-state index is 13.4. The summed E-state index contributed by atoms with van der Waals surface area (Å²) in [5, 5.41) is 22.4. The van der Waals surface area contributed by atoms with Crippen molar-refractivity contribution in [2.24, 2.45) is 11.1 Å². The molecule has 3 aromatic rings. The van der Waals surface area contributed by atoms with Gasteiger partial charge in [-0.05, 0) is 24.8 Å². The second-order valence-electron chi connectivity index (χ2n) is 12.6. The Labute approximate surface area is 301 Å². The van der Waals surface area contributed by atoms with E-state index in [1.54, 1.807) is 0 Å². The molecule has 50 heavy (non-hydrogen) atoms. The Morgan fingerprint density at radius 1 is 1.16 bits per heavy atom. The number of rotatable bonds is 11. The van der Waals surface area contributed by atoms with Crippen LogP contribution in [0, 0.1) is 11.3 Å². The number of carboxylic acid groups (broad SMARTS) is 1. The van der Waals surface area contributed by atoms with Gasteiger partial charge in [0.15, 0.2) is 35.2 Å². The number of carbonyl (C=O) groups excluding carboxylic acids is 2. The number of aromatic nitrogens is 3. The summed E-state index contributed by atoms with van der Waals surface area (Å²) in [7, 11) is 1.29. The molecule has 6 heterocycles. The zero-order chi connectivity index (χ0) is 35.1. The van der Waals surface area contributed by atoms with Crippen LogP contribution in [0.1, 0.15) is 42.5 Å². The van der Waals surface area contributed by atoms with E-state index in [0.717, 1.165) is 67.3 Å². The lowest BCUT2D eigenvalue weighted by molar-refractivity contribution is -0.766.